The average Bonchev–Trinajstić information content (AvgIpc) is 3.34. The van der Waals surface area contributed by atoms with Gasteiger partial charge in [0.15, 0.2) is 5.76 Å². The first kappa shape index (κ1) is 17.6. The van der Waals surface area contributed by atoms with Crippen LogP contribution in [0.15, 0.2) is 47.1 Å². The highest BCUT2D eigenvalue weighted by atomic mass is 16.5. The summed E-state index contributed by atoms with van der Waals surface area (Å²) in [5.74, 6) is 1.22. The second-order valence-corrected chi connectivity index (χ2v) is 7.32. The van der Waals surface area contributed by atoms with Gasteiger partial charge in [0.1, 0.15) is 5.75 Å². The largest absolute Gasteiger partial charge is 0.493 e. The molecule has 2 fully saturated rings. The summed E-state index contributed by atoms with van der Waals surface area (Å²) in [6.07, 6.45) is 5.62. The Morgan fingerprint density at radius 3 is 2.85 bits per heavy atom. The van der Waals surface area contributed by atoms with Gasteiger partial charge in [0.25, 0.3) is 11.8 Å². The van der Waals surface area contributed by atoms with E-state index in [4.69, 9.17) is 9.15 Å². The third kappa shape index (κ3) is 4.51. The van der Waals surface area contributed by atoms with Gasteiger partial charge >= 0.3 is 0 Å². The SMILES string of the molecule is O=C(NC1CC1)c1cccc(OC[C@@H]2CCCN(C(=O)c3ccco3)C2)c1. The number of carbonyl (C=O) groups excluding carboxylic acids is 2. The van der Waals surface area contributed by atoms with Gasteiger partial charge in [0, 0.05) is 30.6 Å². The predicted molar refractivity (Wildman–Crippen MR) is 99.8 cm³/mol. The van der Waals surface area contributed by atoms with E-state index >= 15 is 0 Å². The molecule has 4 rings (SSSR count). The Balaban J connectivity index is 1.31. The Labute approximate surface area is 158 Å². The molecule has 2 aromatic rings. The van der Waals surface area contributed by atoms with Crippen LogP contribution in [0.1, 0.15) is 46.6 Å². The van der Waals surface area contributed by atoms with Crippen LogP contribution in [0.4, 0.5) is 0 Å². The van der Waals surface area contributed by atoms with Crippen molar-refractivity contribution in [3.63, 3.8) is 0 Å². The summed E-state index contributed by atoms with van der Waals surface area (Å²) < 4.78 is 11.2. The van der Waals surface area contributed by atoms with Crippen molar-refractivity contribution < 1.29 is 18.7 Å². The van der Waals surface area contributed by atoms with Crippen molar-refractivity contribution in [3.8, 4) is 5.75 Å². The van der Waals surface area contributed by atoms with E-state index in [2.05, 4.69) is 5.32 Å². The number of amides is 2. The number of nitrogens with one attached hydrogen (secondary N) is 1. The van der Waals surface area contributed by atoms with Crippen molar-refractivity contribution in [3.05, 3.63) is 54.0 Å². The number of likely N-dealkylation sites (tertiary alicyclic amines) is 1. The number of furan rings is 1. The fourth-order valence-electron chi connectivity index (χ4n) is 3.38. The summed E-state index contributed by atoms with van der Waals surface area (Å²) in [6, 6.07) is 11.0. The molecule has 6 nitrogen and oxygen atoms in total. The minimum atomic E-state index is -0.0663. The lowest BCUT2D eigenvalue weighted by atomic mass is 9.98. The van der Waals surface area contributed by atoms with Crippen LogP contribution in [0.25, 0.3) is 0 Å². The van der Waals surface area contributed by atoms with Crippen LogP contribution in [0.3, 0.4) is 0 Å². The molecule has 1 aliphatic heterocycles. The molecule has 1 saturated carbocycles. The van der Waals surface area contributed by atoms with Crippen molar-refractivity contribution in [1.82, 2.24) is 10.2 Å². The topological polar surface area (TPSA) is 71.8 Å². The van der Waals surface area contributed by atoms with Gasteiger partial charge in [-0.25, -0.2) is 0 Å². The molecule has 0 unspecified atom stereocenters. The van der Waals surface area contributed by atoms with Crippen LogP contribution in [0.5, 0.6) is 5.75 Å². The normalized spacial score (nSPS) is 19.6. The first-order valence-corrected chi connectivity index (χ1v) is 9.55. The second-order valence-electron chi connectivity index (χ2n) is 7.32. The third-order valence-electron chi connectivity index (χ3n) is 5.03. The highest BCUT2D eigenvalue weighted by Crippen LogP contribution is 2.22. The second kappa shape index (κ2) is 7.86. The molecular formula is C21H24N2O4. The maximum atomic E-state index is 12.4. The number of rotatable bonds is 6. The Bertz CT molecular complexity index is 798. The molecule has 2 amide bonds. The molecule has 1 aromatic heterocycles. The monoisotopic (exact) mass is 368 g/mol. The van der Waals surface area contributed by atoms with E-state index in [1.54, 1.807) is 24.3 Å². The van der Waals surface area contributed by atoms with Crippen molar-refractivity contribution >= 4 is 11.8 Å². The summed E-state index contributed by atoms with van der Waals surface area (Å²) >= 11 is 0. The molecule has 27 heavy (non-hydrogen) atoms. The highest BCUT2D eigenvalue weighted by Gasteiger charge is 2.26. The quantitative estimate of drug-likeness (QED) is 0.850. The molecule has 1 saturated heterocycles. The van der Waals surface area contributed by atoms with E-state index in [1.807, 2.05) is 17.0 Å². The Morgan fingerprint density at radius 1 is 1.19 bits per heavy atom. The molecule has 1 N–H and O–H groups in total. The van der Waals surface area contributed by atoms with Gasteiger partial charge in [-0.15, -0.1) is 0 Å². The summed E-state index contributed by atoms with van der Waals surface area (Å²) in [7, 11) is 0. The van der Waals surface area contributed by atoms with Crippen LogP contribution in [-0.2, 0) is 0 Å². The van der Waals surface area contributed by atoms with Crippen LogP contribution in [-0.4, -0.2) is 42.5 Å². The molecule has 2 heterocycles. The molecular weight excluding hydrogens is 344 g/mol. The fourth-order valence-corrected chi connectivity index (χ4v) is 3.38. The van der Waals surface area contributed by atoms with Gasteiger partial charge in [-0.05, 0) is 56.0 Å². The maximum Gasteiger partial charge on any atom is 0.289 e. The van der Waals surface area contributed by atoms with Gasteiger partial charge in [-0.2, -0.15) is 0 Å². The molecule has 1 aliphatic carbocycles. The summed E-state index contributed by atoms with van der Waals surface area (Å²) in [5, 5.41) is 2.99. The van der Waals surface area contributed by atoms with Gasteiger partial charge in [-0.3, -0.25) is 9.59 Å². The van der Waals surface area contributed by atoms with Gasteiger partial charge < -0.3 is 19.4 Å². The van der Waals surface area contributed by atoms with E-state index in [9.17, 15) is 9.59 Å². The molecule has 1 aromatic carbocycles. The van der Waals surface area contributed by atoms with Crippen LogP contribution in [0, 0.1) is 5.92 Å². The number of hydrogen-bond acceptors (Lipinski definition) is 4. The van der Waals surface area contributed by atoms with E-state index in [0.717, 1.165) is 32.2 Å². The van der Waals surface area contributed by atoms with Crippen molar-refractivity contribution in [2.45, 2.75) is 31.7 Å². The van der Waals surface area contributed by atoms with Crippen LogP contribution in [0.2, 0.25) is 0 Å². The van der Waals surface area contributed by atoms with E-state index in [-0.39, 0.29) is 17.7 Å². The van der Waals surface area contributed by atoms with Gasteiger partial charge in [0.2, 0.25) is 0 Å². The van der Waals surface area contributed by atoms with Crippen molar-refractivity contribution in [2.75, 3.05) is 19.7 Å². The van der Waals surface area contributed by atoms with E-state index in [0.29, 0.717) is 36.3 Å². The summed E-state index contributed by atoms with van der Waals surface area (Å²) in [4.78, 5) is 26.4. The first-order chi connectivity index (χ1) is 13.2. The zero-order chi connectivity index (χ0) is 18.6. The van der Waals surface area contributed by atoms with Crippen LogP contribution < -0.4 is 10.1 Å². The number of piperidine rings is 1. The lowest BCUT2D eigenvalue weighted by Gasteiger charge is -2.32. The Kier molecular flexibility index (Phi) is 5.14. The Hall–Kier alpha value is -2.76. The number of nitrogens with zero attached hydrogens (tertiary/aromatic N) is 1. The van der Waals surface area contributed by atoms with E-state index < -0.39 is 0 Å². The molecule has 6 heteroatoms. The zero-order valence-corrected chi connectivity index (χ0v) is 15.2. The lowest BCUT2D eigenvalue weighted by molar-refractivity contribution is 0.0602. The third-order valence-corrected chi connectivity index (χ3v) is 5.03. The lowest BCUT2D eigenvalue weighted by Crippen LogP contribution is -2.41. The minimum absolute atomic E-state index is 0.0455. The van der Waals surface area contributed by atoms with Gasteiger partial charge in [0.05, 0.1) is 12.9 Å². The Morgan fingerprint density at radius 2 is 2.07 bits per heavy atom. The fraction of sp³-hybridized carbons (Fsp3) is 0.429. The number of ether oxygens (including phenoxy) is 1. The smallest absolute Gasteiger partial charge is 0.289 e. The van der Waals surface area contributed by atoms with Crippen molar-refractivity contribution in [2.24, 2.45) is 5.92 Å². The van der Waals surface area contributed by atoms with Crippen molar-refractivity contribution in [1.29, 1.82) is 0 Å². The molecule has 1 atom stereocenters. The standard InChI is InChI=1S/C21H24N2O4/c24-20(22-17-8-9-17)16-5-1-6-18(12-16)27-14-15-4-2-10-23(13-15)21(25)19-7-3-11-26-19/h1,3,5-7,11-12,15,17H,2,4,8-10,13-14H2,(H,22,24)/t15-/m1/s1. The number of hydrogen-bond donors (Lipinski definition) is 1. The molecule has 0 bridgehead atoms. The molecule has 0 spiro atoms. The van der Waals surface area contributed by atoms with Gasteiger partial charge in [-0.1, -0.05) is 6.07 Å². The summed E-state index contributed by atoms with van der Waals surface area (Å²) in [6.45, 7) is 1.92. The molecule has 0 radical (unpaired) electrons. The average molecular weight is 368 g/mol. The first-order valence-electron chi connectivity index (χ1n) is 9.55. The summed E-state index contributed by atoms with van der Waals surface area (Å²) in [5.41, 5.74) is 0.623. The minimum Gasteiger partial charge on any atom is -0.493 e. The van der Waals surface area contributed by atoms with E-state index in [1.165, 1.54) is 6.26 Å². The number of carbonyl (C=O) groups is 2. The predicted octanol–water partition coefficient (Wildman–Crippen LogP) is 3.10. The van der Waals surface area contributed by atoms with Crippen LogP contribution >= 0.6 is 0 Å². The maximum absolute atomic E-state index is 12.4. The number of benzene rings is 1. The highest BCUT2D eigenvalue weighted by molar-refractivity contribution is 5.95. The molecule has 142 valence electrons. The molecule has 2 aliphatic rings. The zero-order valence-electron chi connectivity index (χ0n) is 15.2.